The Bertz CT molecular complexity index is 470. The molecule has 0 aromatic heterocycles. The van der Waals surface area contributed by atoms with Crippen molar-refractivity contribution in [3.8, 4) is 5.75 Å². The van der Waals surface area contributed by atoms with Crippen LogP contribution < -0.4 is 9.80 Å². The molecule has 0 aliphatic carbocycles. The zero-order valence-electron chi connectivity index (χ0n) is 12.9. The molecule has 21 heavy (non-hydrogen) atoms. The standard InChI is InChI=1S/C16H24I2N2O/c1-3-20(4-2)14-5-7-19(8-6-14)11-12-9-13(17)10-15(18)16(12)21/h9-10,14,21H,3-8,11H2,1-2H3/p+2. The van der Waals surface area contributed by atoms with Gasteiger partial charge >= 0.3 is 0 Å². The van der Waals surface area contributed by atoms with Crippen molar-refractivity contribution in [3.63, 3.8) is 0 Å². The lowest BCUT2D eigenvalue weighted by Crippen LogP contribution is -3.19. The average molecular weight is 516 g/mol. The van der Waals surface area contributed by atoms with Gasteiger partial charge in [0.2, 0.25) is 0 Å². The number of phenolic OH excluding ortho intramolecular Hbond substituents is 1. The molecule has 0 unspecified atom stereocenters. The number of nitrogens with one attached hydrogen (secondary N) is 2. The van der Waals surface area contributed by atoms with Crippen molar-refractivity contribution < 1.29 is 14.9 Å². The Hall–Kier alpha value is 0.400. The molecular weight excluding hydrogens is 490 g/mol. The number of likely N-dealkylation sites (tertiary alicyclic amines) is 1. The highest BCUT2D eigenvalue weighted by molar-refractivity contribution is 14.1. The van der Waals surface area contributed by atoms with E-state index in [0.29, 0.717) is 5.75 Å². The predicted octanol–water partition coefficient (Wildman–Crippen LogP) is 1.07. The van der Waals surface area contributed by atoms with Gasteiger partial charge in [0.25, 0.3) is 0 Å². The number of halogens is 2. The van der Waals surface area contributed by atoms with Gasteiger partial charge in [0.05, 0.1) is 41.4 Å². The lowest BCUT2D eigenvalue weighted by atomic mass is 10.0. The van der Waals surface area contributed by atoms with Crippen LogP contribution in [0, 0.1) is 7.14 Å². The normalized spacial score (nSPS) is 22.7. The van der Waals surface area contributed by atoms with E-state index in [2.05, 4.69) is 65.1 Å². The number of hydrogen-bond donors (Lipinski definition) is 3. The highest BCUT2D eigenvalue weighted by atomic mass is 127. The minimum absolute atomic E-state index is 0.486. The number of hydrogen-bond acceptors (Lipinski definition) is 1. The number of benzene rings is 1. The van der Waals surface area contributed by atoms with E-state index in [-0.39, 0.29) is 0 Å². The summed E-state index contributed by atoms with van der Waals surface area (Å²) in [7, 11) is 0. The van der Waals surface area contributed by atoms with Crippen molar-refractivity contribution in [2.24, 2.45) is 0 Å². The van der Waals surface area contributed by atoms with Gasteiger partial charge in [0.15, 0.2) is 0 Å². The summed E-state index contributed by atoms with van der Waals surface area (Å²) in [5.74, 6) is 0.486. The molecule has 1 saturated heterocycles. The van der Waals surface area contributed by atoms with E-state index in [9.17, 15) is 5.11 Å². The number of quaternary nitrogens is 2. The Kier molecular flexibility index (Phi) is 7.02. The highest BCUT2D eigenvalue weighted by Crippen LogP contribution is 2.26. The van der Waals surface area contributed by atoms with Gasteiger partial charge < -0.3 is 14.9 Å². The Morgan fingerprint density at radius 3 is 2.38 bits per heavy atom. The molecule has 1 aliphatic rings. The molecule has 3 N–H and O–H groups in total. The summed E-state index contributed by atoms with van der Waals surface area (Å²) in [6.07, 6.45) is 2.63. The molecule has 0 radical (unpaired) electrons. The molecule has 1 aromatic carbocycles. The topological polar surface area (TPSA) is 29.1 Å². The van der Waals surface area contributed by atoms with Crippen molar-refractivity contribution in [2.45, 2.75) is 39.3 Å². The maximum atomic E-state index is 10.2. The third kappa shape index (κ3) is 4.68. The van der Waals surface area contributed by atoms with Crippen LogP contribution in [0.4, 0.5) is 0 Å². The van der Waals surface area contributed by atoms with Crippen LogP contribution in [-0.4, -0.2) is 37.3 Å². The smallest absolute Gasteiger partial charge is 0.137 e. The second kappa shape index (κ2) is 8.31. The number of phenols is 1. The quantitative estimate of drug-likeness (QED) is 0.503. The molecule has 1 aliphatic heterocycles. The van der Waals surface area contributed by atoms with Crippen LogP contribution in [0.3, 0.4) is 0 Å². The van der Waals surface area contributed by atoms with Crippen LogP contribution in [0.1, 0.15) is 32.3 Å². The van der Waals surface area contributed by atoms with Gasteiger partial charge in [-0.2, -0.15) is 0 Å². The van der Waals surface area contributed by atoms with Crippen LogP contribution in [-0.2, 0) is 6.54 Å². The highest BCUT2D eigenvalue weighted by Gasteiger charge is 2.28. The molecule has 0 saturated carbocycles. The summed E-state index contributed by atoms with van der Waals surface area (Å²) < 4.78 is 2.18. The third-order valence-electron chi connectivity index (χ3n) is 4.73. The van der Waals surface area contributed by atoms with Gasteiger partial charge in [-0.05, 0) is 71.2 Å². The van der Waals surface area contributed by atoms with Gasteiger partial charge in [-0.3, -0.25) is 0 Å². The SMILES string of the molecule is CC[NH+](CC)C1CC[NH+](Cc2cc(I)cc(I)c2O)CC1. The minimum atomic E-state index is 0.486. The molecule has 5 heteroatoms. The average Bonchev–Trinajstić information content (AvgIpc) is 2.47. The third-order valence-corrected chi connectivity index (χ3v) is 6.17. The first-order chi connectivity index (χ1) is 10.0. The molecule has 1 aromatic rings. The van der Waals surface area contributed by atoms with Crippen LogP contribution in [0.5, 0.6) is 5.75 Å². The van der Waals surface area contributed by atoms with Crippen LogP contribution in [0.25, 0.3) is 0 Å². The Morgan fingerprint density at radius 2 is 1.81 bits per heavy atom. The summed E-state index contributed by atoms with van der Waals surface area (Å²) >= 11 is 4.56. The summed E-state index contributed by atoms with van der Waals surface area (Å²) in [5, 5.41) is 10.2. The van der Waals surface area contributed by atoms with Crippen LogP contribution >= 0.6 is 45.2 Å². The Balaban J connectivity index is 1.95. The summed E-state index contributed by atoms with van der Waals surface area (Å²) in [6, 6.07) is 5.01. The van der Waals surface area contributed by atoms with E-state index in [4.69, 9.17) is 0 Å². The van der Waals surface area contributed by atoms with E-state index in [0.717, 1.165) is 21.7 Å². The maximum absolute atomic E-state index is 10.2. The first-order valence-electron chi connectivity index (χ1n) is 7.90. The van der Waals surface area contributed by atoms with E-state index in [1.165, 1.54) is 42.6 Å². The summed E-state index contributed by atoms with van der Waals surface area (Å²) in [6.45, 7) is 10.5. The fourth-order valence-electron chi connectivity index (χ4n) is 3.46. The second-order valence-corrected chi connectivity index (χ2v) is 8.37. The second-order valence-electron chi connectivity index (χ2n) is 5.96. The monoisotopic (exact) mass is 516 g/mol. The van der Waals surface area contributed by atoms with Gasteiger partial charge in [-0.15, -0.1) is 0 Å². The fourth-order valence-corrected chi connectivity index (χ4v) is 5.43. The molecule has 0 atom stereocenters. The molecule has 0 spiro atoms. The molecule has 118 valence electrons. The first kappa shape index (κ1) is 17.7. The van der Waals surface area contributed by atoms with Crippen molar-refractivity contribution >= 4 is 45.2 Å². The Labute approximate surface area is 155 Å². The Morgan fingerprint density at radius 1 is 1.19 bits per heavy atom. The van der Waals surface area contributed by atoms with Crippen molar-refractivity contribution in [1.29, 1.82) is 0 Å². The van der Waals surface area contributed by atoms with Crippen molar-refractivity contribution in [1.82, 2.24) is 0 Å². The summed E-state index contributed by atoms with van der Waals surface area (Å²) in [5.41, 5.74) is 1.11. The van der Waals surface area contributed by atoms with E-state index < -0.39 is 0 Å². The van der Waals surface area contributed by atoms with Gasteiger partial charge in [0.1, 0.15) is 12.3 Å². The molecular formula is C16H26I2N2O+2. The van der Waals surface area contributed by atoms with Gasteiger partial charge in [0, 0.05) is 16.4 Å². The maximum Gasteiger partial charge on any atom is 0.137 e. The molecule has 2 rings (SSSR count). The lowest BCUT2D eigenvalue weighted by Gasteiger charge is -2.33. The van der Waals surface area contributed by atoms with Gasteiger partial charge in [-0.1, -0.05) is 0 Å². The van der Waals surface area contributed by atoms with Crippen LogP contribution in [0.15, 0.2) is 12.1 Å². The zero-order valence-corrected chi connectivity index (χ0v) is 17.2. The summed E-state index contributed by atoms with van der Waals surface area (Å²) in [4.78, 5) is 3.37. The number of aromatic hydroxyl groups is 1. The predicted molar refractivity (Wildman–Crippen MR) is 103 cm³/mol. The van der Waals surface area contributed by atoms with E-state index in [1.54, 1.807) is 9.80 Å². The molecule has 1 heterocycles. The van der Waals surface area contributed by atoms with E-state index in [1.807, 2.05) is 6.07 Å². The van der Waals surface area contributed by atoms with Crippen molar-refractivity contribution in [3.05, 3.63) is 24.8 Å². The number of piperidine rings is 1. The first-order valence-corrected chi connectivity index (χ1v) is 10.1. The molecule has 0 amide bonds. The van der Waals surface area contributed by atoms with Gasteiger partial charge in [-0.25, -0.2) is 0 Å². The van der Waals surface area contributed by atoms with E-state index >= 15 is 0 Å². The largest absolute Gasteiger partial charge is 0.506 e. The minimum Gasteiger partial charge on any atom is -0.506 e. The van der Waals surface area contributed by atoms with Crippen molar-refractivity contribution in [2.75, 3.05) is 26.2 Å². The fraction of sp³-hybridized carbons (Fsp3) is 0.625. The zero-order chi connectivity index (χ0) is 15.4. The molecule has 3 nitrogen and oxygen atoms in total. The molecule has 0 bridgehead atoms. The lowest BCUT2D eigenvalue weighted by molar-refractivity contribution is -0.961. The molecule has 1 fully saturated rings. The van der Waals surface area contributed by atoms with Crippen LogP contribution in [0.2, 0.25) is 0 Å². The number of rotatable bonds is 5.